The zero-order valence-electron chi connectivity index (χ0n) is 11.3. The van der Waals surface area contributed by atoms with Gasteiger partial charge in [-0.15, -0.1) is 0 Å². The molecule has 0 aliphatic carbocycles. The van der Waals surface area contributed by atoms with Crippen LogP contribution in [0.15, 0.2) is 42.5 Å². The maximum Gasteiger partial charge on any atom is 0.261 e. The molecule has 1 N–H and O–H groups in total. The summed E-state index contributed by atoms with van der Waals surface area (Å²) in [4.78, 5) is 13.9. The molecule has 0 saturated heterocycles. The molecule has 0 aliphatic rings. The number of nitrogens with zero attached hydrogens (tertiary/aromatic N) is 1. The fraction of sp³-hybridized carbons (Fsp3) is 0.188. The number of phenols is 1. The number of anilines is 1. The Morgan fingerprint density at radius 1 is 1.00 bits per heavy atom. The summed E-state index contributed by atoms with van der Waals surface area (Å²) in [6.07, 6.45) is 0. The molecule has 0 aliphatic heterocycles. The molecule has 3 nitrogen and oxygen atoms in total. The van der Waals surface area contributed by atoms with Gasteiger partial charge in [0.25, 0.3) is 5.91 Å². The van der Waals surface area contributed by atoms with E-state index in [1.165, 1.54) is 4.90 Å². The molecule has 0 heterocycles. The topological polar surface area (TPSA) is 40.5 Å². The lowest BCUT2D eigenvalue weighted by molar-refractivity contribution is 0.0990. The molecule has 0 radical (unpaired) electrons. The van der Waals surface area contributed by atoms with E-state index in [9.17, 15) is 9.90 Å². The van der Waals surface area contributed by atoms with E-state index in [1.54, 1.807) is 25.2 Å². The molecule has 2 aromatic carbocycles. The summed E-state index contributed by atoms with van der Waals surface area (Å²) in [7, 11) is 1.70. The van der Waals surface area contributed by atoms with E-state index in [0.29, 0.717) is 5.56 Å². The lowest BCUT2D eigenvalue weighted by Gasteiger charge is -2.18. The molecule has 2 aromatic rings. The lowest BCUT2D eigenvalue weighted by Crippen LogP contribution is -2.26. The van der Waals surface area contributed by atoms with Gasteiger partial charge >= 0.3 is 0 Å². The normalized spacial score (nSPS) is 10.3. The van der Waals surface area contributed by atoms with Crippen LogP contribution in [0.2, 0.25) is 0 Å². The summed E-state index contributed by atoms with van der Waals surface area (Å²) >= 11 is 0. The third kappa shape index (κ3) is 2.76. The number of carbonyl (C=O) groups is 1. The fourth-order valence-corrected chi connectivity index (χ4v) is 1.89. The van der Waals surface area contributed by atoms with Gasteiger partial charge in [0, 0.05) is 12.7 Å². The van der Waals surface area contributed by atoms with Crippen molar-refractivity contribution in [1.29, 1.82) is 0 Å². The molecule has 3 heteroatoms. The Balaban J connectivity index is 2.33. The van der Waals surface area contributed by atoms with E-state index in [2.05, 4.69) is 0 Å². The largest absolute Gasteiger partial charge is 0.507 e. The van der Waals surface area contributed by atoms with Gasteiger partial charge in [0.1, 0.15) is 5.75 Å². The van der Waals surface area contributed by atoms with Crippen molar-refractivity contribution in [3.05, 3.63) is 59.2 Å². The van der Waals surface area contributed by atoms with Gasteiger partial charge < -0.3 is 10.0 Å². The number of aryl methyl sites for hydroxylation is 2. The Kier molecular flexibility index (Phi) is 3.56. The molecule has 0 spiro atoms. The Bertz CT molecular complexity index is 603. The van der Waals surface area contributed by atoms with Gasteiger partial charge in [0.15, 0.2) is 0 Å². The average Bonchev–Trinajstić information content (AvgIpc) is 2.41. The van der Waals surface area contributed by atoms with Crippen LogP contribution in [0.4, 0.5) is 5.69 Å². The smallest absolute Gasteiger partial charge is 0.261 e. The summed E-state index contributed by atoms with van der Waals surface area (Å²) in [6.45, 7) is 3.89. The van der Waals surface area contributed by atoms with Crippen molar-refractivity contribution in [2.45, 2.75) is 13.8 Å². The molecule has 0 fully saturated rings. The maximum atomic E-state index is 12.4. The first-order chi connectivity index (χ1) is 8.99. The zero-order valence-corrected chi connectivity index (χ0v) is 11.3. The second-order valence-corrected chi connectivity index (χ2v) is 4.72. The van der Waals surface area contributed by atoms with Gasteiger partial charge in [-0.1, -0.05) is 29.3 Å². The van der Waals surface area contributed by atoms with Crippen LogP contribution >= 0.6 is 0 Å². The highest BCUT2D eigenvalue weighted by atomic mass is 16.3. The number of amides is 1. The van der Waals surface area contributed by atoms with Crippen LogP contribution in [0.25, 0.3) is 0 Å². The molecule has 0 atom stereocenters. The molecule has 1 amide bonds. The summed E-state index contributed by atoms with van der Waals surface area (Å²) in [6, 6.07) is 12.7. The average molecular weight is 255 g/mol. The summed E-state index contributed by atoms with van der Waals surface area (Å²) in [5.74, 6) is -0.209. The van der Waals surface area contributed by atoms with E-state index in [0.717, 1.165) is 16.8 Å². The minimum Gasteiger partial charge on any atom is -0.507 e. The standard InChI is InChI=1S/C16H17NO2/c1-11-4-7-13(8-5-11)17(3)16(19)14-10-12(2)6-9-15(14)18/h4-10,18H,1-3H3. The Morgan fingerprint density at radius 3 is 2.21 bits per heavy atom. The van der Waals surface area contributed by atoms with E-state index in [1.807, 2.05) is 38.1 Å². The summed E-state index contributed by atoms with van der Waals surface area (Å²) in [5.41, 5.74) is 3.21. The van der Waals surface area contributed by atoms with Crippen molar-refractivity contribution in [3.8, 4) is 5.75 Å². The Morgan fingerprint density at radius 2 is 1.58 bits per heavy atom. The second-order valence-electron chi connectivity index (χ2n) is 4.72. The number of hydrogen-bond acceptors (Lipinski definition) is 2. The second kappa shape index (κ2) is 5.14. The highest BCUT2D eigenvalue weighted by Crippen LogP contribution is 2.22. The van der Waals surface area contributed by atoms with Crippen LogP contribution in [0.3, 0.4) is 0 Å². The number of hydrogen-bond donors (Lipinski definition) is 1. The molecule has 0 bridgehead atoms. The van der Waals surface area contributed by atoms with Crippen LogP contribution in [0, 0.1) is 13.8 Å². The molecular weight excluding hydrogens is 238 g/mol. The van der Waals surface area contributed by atoms with Crippen molar-refractivity contribution >= 4 is 11.6 Å². The molecule has 98 valence electrons. The number of benzene rings is 2. The molecule has 0 aromatic heterocycles. The van der Waals surface area contributed by atoms with Crippen molar-refractivity contribution in [2.75, 3.05) is 11.9 Å². The van der Waals surface area contributed by atoms with E-state index in [-0.39, 0.29) is 11.7 Å². The number of rotatable bonds is 2. The first kappa shape index (κ1) is 13.1. The van der Waals surface area contributed by atoms with E-state index < -0.39 is 0 Å². The monoisotopic (exact) mass is 255 g/mol. The van der Waals surface area contributed by atoms with E-state index >= 15 is 0 Å². The van der Waals surface area contributed by atoms with Gasteiger partial charge in [-0.05, 0) is 38.1 Å². The minimum absolute atomic E-state index is 0.00885. The first-order valence-electron chi connectivity index (χ1n) is 6.13. The van der Waals surface area contributed by atoms with Crippen LogP contribution in [-0.4, -0.2) is 18.1 Å². The predicted molar refractivity (Wildman–Crippen MR) is 76.8 cm³/mol. The lowest BCUT2D eigenvalue weighted by atomic mass is 10.1. The molecule has 0 saturated carbocycles. The highest BCUT2D eigenvalue weighted by molar-refractivity contribution is 6.07. The van der Waals surface area contributed by atoms with Gasteiger partial charge in [-0.3, -0.25) is 4.79 Å². The number of phenolic OH excluding ortho intramolecular Hbond substituents is 1. The van der Waals surface area contributed by atoms with Crippen LogP contribution in [-0.2, 0) is 0 Å². The van der Waals surface area contributed by atoms with Crippen LogP contribution in [0.1, 0.15) is 21.5 Å². The minimum atomic E-state index is -0.218. The Labute approximate surface area is 113 Å². The van der Waals surface area contributed by atoms with Crippen molar-refractivity contribution in [2.24, 2.45) is 0 Å². The molecule has 2 rings (SSSR count). The van der Waals surface area contributed by atoms with E-state index in [4.69, 9.17) is 0 Å². The van der Waals surface area contributed by atoms with Crippen LogP contribution < -0.4 is 4.90 Å². The highest BCUT2D eigenvalue weighted by Gasteiger charge is 2.17. The van der Waals surface area contributed by atoms with Crippen molar-refractivity contribution in [1.82, 2.24) is 0 Å². The Hall–Kier alpha value is -2.29. The molecule has 19 heavy (non-hydrogen) atoms. The van der Waals surface area contributed by atoms with Gasteiger partial charge in [-0.2, -0.15) is 0 Å². The first-order valence-corrected chi connectivity index (χ1v) is 6.13. The third-order valence-electron chi connectivity index (χ3n) is 3.11. The van der Waals surface area contributed by atoms with Crippen molar-refractivity contribution < 1.29 is 9.90 Å². The zero-order chi connectivity index (χ0) is 14.0. The third-order valence-corrected chi connectivity index (χ3v) is 3.11. The predicted octanol–water partition coefficient (Wildman–Crippen LogP) is 3.29. The van der Waals surface area contributed by atoms with Crippen molar-refractivity contribution in [3.63, 3.8) is 0 Å². The number of aromatic hydroxyl groups is 1. The quantitative estimate of drug-likeness (QED) is 0.894. The molecule has 0 unspecified atom stereocenters. The van der Waals surface area contributed by atoms with Gasteiger partial charge in [0.2, 0.25) is 0 Å². The fourth-order valence-electron chi connectivity index (χ4n) is 1.89. The number of carbonyl (C=O) groups excluding carboxylic acids is 1. The summed E-state index contributed by atoms with van der Waals surface area (Å²) in [5, 5.41) is 9.80. The van der Waals surface area contributed by atoms with Crippen LogP contribution in [0.5, 0.6) is 5.75 Å². The maximum absolute atomic E-state index is 12.4. The van der Waals surface area contributed by atoms with Gasteiger partial charge in [-0.25, -0.2) is 0 Å². The summed E-state index contributed by atoms with van der Waals surface area (Å²) < 4.78 is 0. The molecular formula is C16H17NO2. The van der Waals surface area contributed by atoms with Gasteiger partial charge in [0.05, 0.1) is 5.56 Å². The SMILES string of the molecule is Cc1ccc(N(C)C(=O)c2cc(C)ccc2O)cc1.